The minimum absolute atomic E-state index is 0.0323. The molecule has 190 valence electrons. The second-order valence-corrected chi connectivity index (χ2v) is 10.7. The van der Waals surface area contributed by atoms with Gasteiger partial charge in [0, 0.05) is 35.7 Å². The summed E-state index contributed by atoms with van der Waals surface area (Å²) >= 11 is 3.50. The molecule has 1 saturated heterocycles. The molecule has 1 aliphatic rings. The van der Waals surface area contributed by atoms with Crippen LogP contribution in [-0.4, -0.2) is 50.9 Å². The smallest absolute Gasteiger partial charge is 0.266 e. The number of amides is 1. The number of piperazine rings is 1. The maximum absolute atomic E-state index is 13.8. The first kappa shape index (κ1) is 25.4. The van der Waals surface area contributed by atoms with Gasteiger partial charge in [0.25, 0.3) is 11.5 Å². The molecular weight excluding hydrogens is 528 g/mol. The van der Waals surface area contributed by atoms with Crippen molar-refractivity contribution in [3.63, 3.8) is 0 Å². The highest BCUT2D eigenvalue weighted by atomic mass is 79.9. The SMILES string of the molecule is CCC(c1nc2ccccc2c(=O)n1-c1ccc(Br)cc1)N1CCN(C(=O)c2ccc(C)cc2)C(C)C1. The Morgan fingerprint density at radius 1 is 1.03 bits per heavy atom. The Morgan fingerprint density at radius 2 is 1.73 bits per heavy atom. The normalized spacial score (nSPS) is 17.2. The summed E-state index contributed by atoms with van der Waals surface area (Å²) in [6, 6.07) is 23.0. The van der Waals surface area contributed by atoms with Crippen LogP contribution in [0, 0.1) is 6.92 Å². The number of carbonyl (C=O) groups excluding carboxylic acids is 1. The summed E-state index contributed by atoms with van der Waals surface area (Å²) in [7, 11) is 0. The molecule has 0 spiro atoms. The van der Waals surface area contributed by atoms with Crippen LogP contribution in [0.5, 0.6) is 0 Å². The topological polar surface area (TPSA) is 58.4 Å². The molecule has 5 rings (SSSR count). The van der Waals surface area contributed by atoms with E-state index >= 15 is 0 Å². The number of rotatable bonds is 5. The van der Waals surface area contributed by atoms with Crippen molar-refractivity contribution in [3.8, 4) is 5.69 Å². The van der Waals surface area contributed by atoms with E-state index in [1.807, 2.05) is 84.6 Å². The second-order valence-electron chi connectivity index (χ2n) is 9.74. The van der Waals surface area contributed by atoms with Crippen LogP contribution in [0.3, 0.4) is 0 Å². The molecule has 2 unspecified atom stereocenters. The van der Waals surface area contributed by atoms with Gasteiger partial charge < -0.3 is 4.90 Å². The molecule has 0 N–H and O–H groups in total. The average Bonchev–Trinajstić information content (AvgIpc) is 2.90. The fourth-order valence-electron chi connectivity index (χ4n) is 5.25. The third-order valence-corrected chi connectivity index (χ3v) is 7.76. The van der Waals surface area contributed by atoms with E-state index in [1.165, 1.54) is 0 Å². The highest BCUT2D eigenvalue weighted by Crippen LogP contribution is 2.29. The molecule has 0 aliphatic carbocycles. The number of fused-ring (bicyclic) bond motifs is 1. The van der Waals surface area contributed by atoms with Crippen LogP contribution in [0.15, 0.2) is 82.1 Å². The van der Waals surface area contributed by atoms with Crippen molar-refractivity contribution in [3.05, 3.63) is 105 Å². The molecular formula is C30H31BrN4O2. The van der Waals surface area contributed by atoms with E-state index in [2.05, 4.69) is 34.7 Å². The predicted octanol–water partition coefficient (Wildman–Crippen LogP) is 5.75. The van der Waals surface area contributed by atoms with Crippen molar-refractivity contribution in [2.45, 2.75) is 39.3 Å². The molecule has 6 nitrogen and oxygen atoms in total. The quantitative estimate of drug-likeness (QED) is 0.312. The molecule has 3 aromatic carbocycles. The van der Waals surface area contributed by atoms with Gasteiger partial charge in [-0.3, -0.25) is 19.1 Å². The van der Waals surface area contributed by atoms with Gasteiger partial charge in [0.15, 0.2) is 0 Å². The summed E-state index contributed by atoms with van der Waals surface area (Å²) in [5.74, 6) is 0.801. The largest absolute Gasteiger partial charge is 0.333 e. The summed E-state index contributed by atoms with van der Waals surface area (Å²) in [6.45, 7) is 8.30. The fourth-order valence-corrected chi connectivity index (χ4v) is 5.51. The van der Waals surface area contributed by atoms with E-state index in [0.717, 1.165) is 33.5 Å². The monoisotopic (exact) mass is 558 g/mol. The molecule has 1 fully saturated rings. The van der Waals surface area contributed by atoms with Crippen LogP contribution in [0.4, 0.5) is 0 Å². The lowest BCUT2D eigenvalue weighted by Gasteiger charge is -2.43. The lowest BCUT2D eigenvalue weighted by atomic mass is 10.0. The number of hydrogen-bond acceptors (Lipinski definition) is 4. The summed E-state index contributed by atoms with van der Waals surface area (Å²) in [4.78, 5) is 36.4. The van der Waals surface area contributed by atoms with Crippen molar-refractivity contribution in [1.82, 2.24) is 19.4 Å². The van der Waals surface area contributed by atoms with E-state index in [9.17, 15) is 9.59 Å². The molecule has 37 heavy (non-hydrogen) atoms. The Balaban J connectivity index is 1.50. The Kier molecular flexibility index (Phi) is 7.26. The van der Waals surface area contributed by atoms with Gasteiger partial charge in [-0.2, -0.15) is 0 Å². The highest BCUT2D eigenvalue weighted by molar-refractivity contribution is 9.10. The van der Waals surface area contributed by atoms with Gasteiger partial charge in [0.1, 0.15) is 5.82 Å². The molecule has 1 aromatic heterocycles. The first-order chi connectivity index (χ1) is 17.9. The first-order valence-electron chi connectivity index (χ1n) is 12.8. The zero-order valence-electron chi connectivity index (χ0n) is 21.4. The Morgan fingerprint density at radius 3 is 2.41 bits per heavy atom. The molecule has 0 bridgehead atoms. The van der Waals surface area contributed by atoms with Crippen molar-refractivity contribution < 1.29 is 4.79 Å². The van der Waals surface area contributed by atoms with Crippen LogP contribution in [0.2, 0.25) is 0 Å². The number of para-hydroxylation sites is 1. The van der Waals surface area contributed by atoms with E-state index in [-0.39, 0.29) is 23.6 Å². The van der Waals surface area contributed by atoms with Crippen LogP contribution in [0.1, 0.15) is 48.1 Å². The average molecular weight is 560 g/mol. The Bertz CT molecular complexity index is 1480. The molecule has 7 heteroatoms. The molecule has 2 atom stereocenters. The fraction of sp³-hybridized carbons (Fsp3) is 0.300. The van der Waals surface area contributed by atoms with Crippen molar-refractivity contribution >= 4 is 32.7 Å². The number of carbonyl (C=O) groups is 1. The Labute approximate surface area is 225 Å². The molecule has 1 amide bonds. The number of aryl methyl sites for hydroxylation is 1. The van der Waals surface area contributed by atoms with E-state index in [1.54, 1.807) is 4.57 Å². The molecule has 1 aliphatic heterocycles. The van der Waals surface area contributed by atoms with Gasteiger partial charge >= 0.3 is 0 Å². The van der Waals surface area contributed by atoms with Crippen LogP contribution >= 0.6 is 15.9 Å². The third kappa shape index (κ3) is 4.98. The molecule has 0 saturated carbocycles. The van der Waals surface area contributed by atoms with Crippen molar-refractivity contribution in [2.24, 2.45) is 0 Å². The number of halogens is 1. The Hall–Kier alpha value is -3.29. The van der Waals surface area contributed by atoms with Gasteiger partial charge in [0.05, 0.1) is 22.6 Å². The predicted molar refractivity (Wildman–Crippen MR) is 151 cm³/mol. The molecule has 4 aromatic rings. The lowest BCUT2D eigenvalue weighted by molar-refractivity contribution is 0.0364. The maximum Gasteiger partial charge on any atom is 0.266 e. The zero-order valence-corrected chi connectivity index (χ0v) is 23.0. The van der Waals surface area contributed by atoms with Gasteiger partial charge in [-0.1, -0.05) is 52.7 Å². The number of nitrogens with zero attached hydrogens (tertiary/aromatic N) is 4. The number of aromatic nitrogens is 2. The number of hydrogen-bond donors (Lipinski definition) is 0. The van der Waals surface area contributed by atoms with Crippen LogP contribution in [0.25, 0.3) is 16.6 Å². The lowest BCUT2D eigenvalue weighted by Crippen LogP contribution is -2.55. The zero-order chi connectivity index (χ0) is 26.1. The highest BCUT2D eigenvalue weighted by Gasteiger charge is 2.33. The summed E-state index contributed by atoms with van der Waals surface area (Å²) < 4.78 is 2.71. The van der Waals surface area contributed by atoms with Crippen molar-refractivity contribution in [2.75, 3.05) is 19.6 Å². The van der Waals surface area contributed by atoms with Crippen LogP contribution in [-0.2, 0) is 0 Å². The minimum Gasteiger partial charge on any atom is -0.333 e. The van der Waals surface area contributed by atoms with Gasteiger partial charge in [-0.05, 0) is 68.8 Å². The second kappa shape index (κ2) is 10.6. The third-order valence-electron chi connectivity index (χ3n) is 7.23. The van der Waals surface area contributed by atoms with Crippen LogP contribution < -0.4 is 5.56 Å². The van der Waals surface area contributed by atoms with E-state index in [0.29, 0.717) is 30.5 Å². The number of benzene rings is 3. The van der Waals surface area contributed by atoms with Gasteiger partial charge in [-0.15, -0.1) is 0 Å². The summed E-state index contributed by atoms with van der Waals surface area (Å²) in [5, 5.41) is 0.603. The maximum atomic E-state index is 13.8. The molecule has 2 heterocycles. The van der Waals surface area contributed by atoms with Crippen molar-refractivity contribution in [1.29, 1.82) is 0 Å². The molecule has 0 radical (unpaired) electrons. The van der Waals surface area contributed by atoms with E-state index < -0.39 is 0 Å². The summed E-state index contributed by atoms with van der Waals surface area (Å²) in [5.41, 5.74) is 3.29. The first-order valence-corrected chi connectivity index (χ1v) is 13.6. The standard InChI is InChI=1S/C30H31BrN4O2/c1-4-27(33-17-18-34(21(3)19-33)29(36)22-11-9-20(2)10-12-22)28-32-26-8-6-5-7-25(26)30(37)35(28)24-15-13-23(31)14-16-24/h5-16,21,27H,4,17-19H2,1-3H3. The summed E-state index contributed by atoms with van der Waals surface area (Å²) in [6.07, 6.45) is 0.792. The van der Waals surface area contributed by atoms with E-state index in [4.69, 9.17) is 4.98 Å². The van der Waals surface area contributed by atoms with Gasteiger partial charge in [0.2, 0.25) is 0 Å². The van der Waals surface area contributed by atoms with Gasteiger partial charge in [-0.25, -0.2) is 4.98 Å². The minimum atomic E-state index is -0.0694.